The molecule has 18 heteroatoms. The molecule has 63 heavy (non-hydrogen) atoms. The summed E-state index contributed by atoms with van der Waals surface area (Å²) >= 11 is 0. The first kappa shape index (κ1) is 39.3. The summed E-state index contributed by atoms with van der Waals surface area (Å²) < 4.78 is 25.6. The number of hydrogen-bond donors (Lipinski definition) is 14. The quantitative estimate of drug-likeness (QED) is 0.110. The van der Waals surface area contributed by atoms with Crippen molar-refractivity contribution in [3.8, 4) is 86.2 Å². The molecule has 0 saturated heterocycles. The fourth-order valence-corrected chi connectivity index (χ4v) is 9.32. The van der Waals surface area contributed by atoms with Crippen molar-refractivity contribution in [1.82, 2.24) is 0 Å². The van der Waals surface area contributed by atoms with Crippen LogP contribution in [0.1, 0.15) is 68.6 Å². The highest BCUT2D eigenvalue weighted by molar-refractivity contribution is 5.72. The Labute approximate surface area is 354 Å². The molecule has 4 aliphatic heterocycles. The number of ether oxygens (including phenoxy) is 4. The summed E-state index contributed by atoms with van der Waals surface area (Å²) in [7, 11) is 0. The molecule has 10 rings (SSSR count). The summed E-state index contributed by atoms with van der Waals surface area (Å²) in [6, 6.07) is 14.8. The van der Waals surface area contributed by atoms with Gasteiger partial charge in [0.15, 0.2) is 40.6 Å². The molecule has 4 heterocycles. The Balaban J connectivity index is 1.25. The third kappa shape index (κ3) is 5.68. The van der Waals surface area contributed by atoms with Gasteiger partial charge in [-0.15, -0.1) is 0 Å². The van der Waals surface area contributed by atoms with Crippen molar-refractivity contribution in [3.63, 3.8) is 0 Å². The van der Waals surface area contributed by atoms with E-state index >= 15 is 0 Å². The minimum atomic E-state index is -2.31. The van der Waals surface area contributed by atoms with Crippen molar-refractivity contribution >= 4 is 0 Å². The predicted octanol–water partition coefficient (Wildman–Crippen LogP) is 4.24. The number of benzene rings is 6. The molecule has 0 spiro atoms. The third-order valence-electron chi connectivity index (χ3n) is 12.2. The highest BCUT2D eigenvalue weighted by Gasteiger charge is 2.61. The standard InChI is InChI=1S/C45H36O18/c46-18-10-27(54)33-31(11-18)62-45(17-3-6-22(49)26(53)9-17)44(59)38(33)36-32(63-45)14-29(56)35-37(39(58)41(61-43(35)36)16-2-5-21(48)25(52)8-16)34-28(55)13-23(50)19-12-30(57)40(60-42(19)34)15-1-4-20(47)24(51)7-15/h1-11,13-14,30,37-41,44,46-59H,12H2/t30-,37-,38+,39-,40+,41-,44-,45-/m1/s1. The van der Waals surface area contributed by atoms with Crippen molar-refractivity contribution in [3.05, 3.63) is 123 Å². The molecule has 0 saturated carbocycles. The van der Waals surface area contributed by atoms with E-state index in [9.17, 15) is 71.5 Å². The van der Waals surface area contributed by atoms with Crippen LogP contribution in [0.5, 0.6) is 86.2 Å². The molecule has 14 N–H and O–H groups in total. The van der Waals surface area contributed by atoms with Gasteiger partial charge < -0.3 is 90.4 Å². The summed E-state index contributed by atoms with van der Waals surface area (Å²) in [5.74, 6) is -12.6. The maximum Gasteiger partial charge on any atom is 0.305 e. The van der Waals surface area contributed by atoms with E-state index in [0.717, 1.165) is 60.7 Å². The third-order valence-corrected chi connectivity index (χ3v) is 12.2. The lowest BCUT2D eigenvalue weighted by Crippen LogP contribution is -2.57. The summed E-state index contributed by atoms with van der Waals surface area (Å²) in [4.78, 5) is 0. The fourth-order valence-electron chi connectivity index (χ4n) is 9.32. The van der Waals surface area contributed by atoms with Gasteiger partial charge in [-0.2, -0.15) is 0 Å². The second kappa shape index (κ2) is 13.6. The van der Waals surface area contributed by atoms with E-state index < -0.39 is 111 Å². The zero-order valence-electron chi connectivity index (χ0n) is 32.1. The van der Waals surface area contributed by atoms with Gasteiger partial charge in [0, 0.05) is 64.1 Å². The topological polar surface area (TPSA) is 320 Å². The molecule has 6 aromatic rings. The number of phenolic OH excluding ortho intramolecular Hbond substituents is 11. The van der Waals surface area contributed by atoms with Crippen LogP contribution in [-0.4, -0.2) is 89.8 Å². The average molecular weight is 865 g/mol. The van der Waals surface area contributed by atoms with Crippen molar-refractivity contribution in [1.29, 1.82) is 0 Å². The maximum absolute atomic E-state index is 12.5. The lowest BCUT2D eigenvalue weighted by Gasteiger charge is -2.51. The molecular formula is C45H36O18. The molecule has 0 fully saturated rings. The van der Waals surface area contributed by atoms with Gasteiger partial charge in [0.1, 0.15) is 70.1 Å². The summed E-state index contributed by atoms with van der Waals surface area (Å²) in [6.45, 7) is 0. The molecule has 8 atom stereocenters. The van der Waals surface area contributed by atoms with Crippen LogP contribution in [-0.2, 0) is 12.2 Å². The molecule has 4 aliphatic rings. The highest BCUT2D eigenvalue weighted by Crippen LogP contribution is 2.65. The van der Waals surface area contributed by atoms with Crippen LogP contribution in [0.2, 0.25) is 0 Å². The lowest BCUT2D eigenvalue weighted by molar-refractivity contribution is -0.219. The maximum atomic E-state index is 12.5. The van der Waals surface area contributed by atoms with E-state index in [1.54, 1.807) is 0 Å². The number of fused-ring (bicyclic) bond motifs is 9. The summed E-state index contributed by atoms with van der Waals surface area (Å²) in [5, 5.41) is 155. The summed E-state index contributed by atoms with van der Waals surface area (Å²) in [5.41, 5.74) is -0.583. The highest BCUT2D eigenvalue weighted by atomic mass is 16.7. The first-order valence-corrected chi connectivity index (χ1v) is 19.3. The minimum absolute atomic E-state index is 0.0325. The van der Waals surface area contributed by atoms with Crippen LogP contribution in [0, 0.1) is 0 Å². The van der Waals surface area contributed by atoms with E-state index in [-0.39, 0.29) is 73.9 Å². The number of aliphatic hydroxyl groups excluding tert-OH is 3. The van der Waals surface area contributed by atoms with Crippen LogP contribution >= 0.6 is 0 Å². The number of aromatic hydroxyl groups is 11. The fraction of sp³-hybridized carbons (Fsp3) is 0.200. The lowest BCUT2D eigenvalue weighted by atomic mass is 9.71. The van der Waals surface area contributed by atoms with Crippen LogP contribution in [0.25, 0.3) is 0 Å². The number of phenols is 11. The van der Waals surface area contributed by atoms with Gasteiger partial charge in [-0.05, 0) is 53.6 Å². The molecule has 0 amide bonds. The Kier molecular flexibility index (Phi) is 8.49. The number of rotatable bonds is 4. The Morgan fingerprint density at radius 2 is 0.984 bits per heavy atom. The smallest absolute Gasteiger partial charge is 0.305 e. The van der Waals surface area contributed by atoms with Crippen LogP contribution in [0.3, 0.4) is 0 Å². The van der Waals surface area contributed by atoms with E-state index in [2.05, 4.69) is 0 Å². The molecular weight excluding hydrogens is 828 g/mol. The Morgan fingerprint density at radius 3 is 1.62 bits per heavy atom. The van der Waals surface area contributed by atoms with Gasteiger partial charge in [-0.3, -0.25) is 0 Å². The van der Waals surface area contributed by atoms with E-state index in [0.29, 0.717) is 0 Å². The molecule has 6 aromatic carbocycles. The van der Waals surface area contributed by atoms with Crippen molar-refractivity contribution in [2.24, 2.45) is 0 Å². The number of hydrogen-bond acceptors (Lipinski definition) is 18. The van der Waals surface area contributed by atoms with Crippen molar-refractivity contribution in [2.75, 3.05) is 0 Å². The monoisotopic (exact) mass is 864 g/mol. The number of aliphatic hydroxyl groups is 3. The van der Waals surface area contributed by atoms with E-state index in [4.69, 9.17) is 18.9 Å². The normalized spacial score (nSPS) is 25.2. The molecule has 324 valence electrons. The van der Waals surface area contributed by atoms with Gasteiger partial charge >= 0.3 is 5.79 Å². The molecule has 0 unspecified atom stereocenters. The van der Waals surface area contributed by atoms with Gasteiger partial charge in [0.2, 0.25) is 0 Å². The zero-order valence-corrected chi connectivity index (χ0v) is 32.1. The van der Waals surface area contributed by atoms with Gasteiger partial charge in [-0.25, -0.2) is 0 Å². The zero-order chi connectivity index (χ0) is 44.5. The van der Waals surface area contributed by atoms with Crippen LogP contribution in [0.15, 0.2) is 78.9 Å². The van der Waals surface area contributed by atoms with E-state index in [1.165, 1.54) is 18.2 Å². The Hall–Kier alpha value is -7.80. The first-order chi connectivity index (χ1) is 30.0. The second-order valence-corrected chi connectivity index (χ2v) is 15.9. The second-order valence-electron chi connectivity index (χ2n) is 15.9. The Morgan fingerprint density at radius 1 is 0.444 bits per heavy atom. The largest absolute Gasteiger partial charge is 0.508 e. The van der Waals surface area contributed by atoms with E-state index in [1.807, 2.05) is 0 Å². The SMILES string of the molecule is Oc1cc(O)c2c(c1)O[C@]1(c3ccc(O)c(O)c3)Oc3cc(O)c4c(c3[C@H]2[C@H]1O)O[C@H](c1ccc(O)c(O)c1)[C@H](O)[C@@H]4c1c(O)cc(O)c2c1O[C@@H](c1ccc(O)c(O)c1)[C@H](O)C2. The van der Waals surface area contributed by atoms with Gasteiger partial charge in [0.25, 0.3) is 0 Å². The van der Waals surface area contributed by atoms with Crippen LogP contribution in [0.4, 0.5) is 0 Å². The molecule has 0 aliphatic carbocycles. The average Bonchev–Trinajstić information content (AvgIpc) is 3.22. The van der Waals surface area contributed by atoms with Gasteiger partial charge in [0.05, 0.1) is 17.9 Å². The van der Waals surface area contributed by atoms with Crippen LogP contribution < -0.4 is 18.9 Å². The molecule has 0 aromatic heterocycles. The Bertz CT molecular complexity index is 2910. The van der Waals surface area contributed by atoms with Crippen molar-refractivity contribution in [2.45, 2.75) is 54.6 Å². The first-order valence-electron chi connectivity index (χ1n) is 19.3. The van der Waals surface area contributed by atoms with Crippen molar-refractivity contribution < 1.29 is 90.4 Å². The molecule has 2 bridgehead atoms. The van der Waals surface area contributed by atoms with Gasteiger partial charge in [-0.1, -0.05) is 12.1 Å². The molecule has 18 nitrogen and oxygen atoms in total. The predicted molar refractivity (Wildman–Crippen MR) is 212 cm³/mol. The minimum Gasteiger partial charge on any atom is -0.508 e. The summed E-state index contributed by atoms with van der Waals surface area (Å²) in [6.07, 6.45) is -8.29. The molecule has 0 radical (unpaired) electrons.